The fourth-order valence-corrected chi connectivity index (χ4v) is 5.49. The van der Waals surface area contributed by atoms with Crippen LogP contribution in [0.1, 0.15) is 31.8 Å². The summed E-state index contributed by atoms with van der Waals surface area (Å²) in [6.07, 6.45) is 0. The SMILES string of the molecule is O=C(NCc1ccc(Cl)cc1)c1ccc2c(c1)N(Cc1ccc(F)cc1)C(=O)c1ccccc1[S@@]2=O. The van der Waals surface area contributed by atoms with Gasteiger partial charge in [0.15, 0.2) is 0 Å². The molecule has 4 aromatic carbocycles. The van der Waals surface area contributed by atoms with Crippen LogP contribution >= 0.6 is 11.6 Å². The second-order valence-electron chi connectivity index (χ2n) is 8.27. The molecule has 0 fully saturated rings. The minimum absolute atomic E-state index is 0.119. The van der Waals surface area contributed by atoms with Gasteiger partial charge < -0.3 is 10.2 Å². The van der Waals surface area contributed by atoms with Crippen molar-refractivity contribution < 1.29 is 18.2 Å². The number of rotatable bonds is 5. The minimum Gasteiger partial charge on any atom is -0.348 e. The van der Waals surface area contributed by atoms with E-state index in [9.17, 15) is 18.2 Å². The average molecular weight is 519 g/mol. The van der Waals surface area contributed by atoms with E-state index in [0.29, 0.717) is 43.7 Å². The quantitative estimate of drug-likeness (QED) is 0.366. The van der Waals surface area contributed by atoms with E-state index in [1.54, 1.807) is 66.7 Å². The van der Waals surface area contributed by atoms with Crippen LogP contribution in [0, 0.1) is 5.82 Å². The Balaban J connectivity index is 1.52. The average Bonchev–Trinajstić information content (AvgIpc) is 2.98. The van der Waals surface area contributed by atoms with E-state index < -0.39 is 10.8 Å². The lowest BCUT2D eigenvalue weighted by molar-refractivity contribution is 0.0947. The van der Waals surface area contributed by atoms with Crippen molar-refractivity contribution in [3.8, 4) is 0 Å². The van der Waals surface area contributed by atoms with Gasteiger partial charge in [0.2, 0.25) is 0 Å². The van der Waals surface area contributed by atoms with Crippen LogP contribution in [0.5, 0.6) is 0 Å². The Kier molecular flexibility index (Phi) is 6.67. The zero-order valence-electron chi connectivity index (χ0n) is 18.9. The van der Waals surface area contributed by atoms with Crippen LogP contribution in [0.15, 0.2) is 101 Å². The van der Waals surface area contributed by atoms with Gasteiger partial charge in [0, 0.05) is 17.1 Å². The zero-order chi connectivity index (χ0) is 25.2. The standard InChI is InChI=1S/C28H20ClFN2O3S/c29-21-10-5-18(6-11-21)16-31-27(33)20-9-14-26-24(15-20)32(17-19-7-12-22(30)13-8-19)28(34)23-3-1-2-4-25(23)36(26)35/h1-15H,16-17H2,(H,31,33)/t36-/m0/s1. The zero-order valence-corrected chi connectivity index (χ0v) is 20.5. The van der Waals surface area contributed by atoms with E-state index >= 15 is 0 Å². The summed E-state index contributed by atoms with van der Waals surface area (Å²) in [5.41, 5.74) is 2.59. The number of hydrogen-bond acceptors (Lipinski definition) is 3. The molecule has 1 atom stereocenters. The summed E-state index contributed by atoms with van der Waals surface area (Å²) in [6, 6.07) is 24.5. The summed E-state index contributed by atoms with van der Waals surface area (Å²) >= 11 is 5.92. The molecule has 1 aliphatic rings. The molecule has 0 radical (unpaired) electrons. The van der Waals surface area contributed by atoms with Crippen molar-refractivity contribution >= 4 is 39.9 Å². The van der Waals surface area contributed by atoms with Gasteiger partial charge in [-0.15, -0.1) is 0 Å². The summed E-state index contributed by atoms with van der Waals surface area (Å²) in [5, 5.41) is 3.47. The Labute approximate surface area is 215 Å². The van der Waals surface area contributed by atoms with E-state index in [1.807, 2.05) is 12.1 Å². The Morgan fingerprint density at radius 1 is 0.889 bits per heavy atom. The summed E-state index contributed by atoms with van der Waals surface area (Å²) in [4.78, 5) is 28.9. The Morgan fingerprint density at radius 2 is 1.58 bits per heavy atom. The number of carbonyl (C=O) groups excluding carboxylic acids is 2. The number of carbonyl (C=O) groups is 2. The molecule has 0 bridgehead atoms. The first-order valence-electron chi connectivity index (χ1n) is 11.1. The summed E-state index contributed by atoms with van der Waals surface area (Å²) in [7, 11) is -1.63. The summed E-state index contributed by atoms with van der Waals surface area (Å²) < 4.78 is 27.0. The lowest BCUT2D eigenvalue weighted by Crippen LogP contribution is -2.31. The molecule has 36 heavy (non-hydrogen) atoms. The van der Waals surface area contributed by atoms with Gasteiger partial charge in [0.25, 0.3) is 11.8 Å². The number of halogens is 2. The van der Waals surface area contributed by atoms with Gasteiger partial charge >= 0.3 is 0 Å². The molecular weight excluding hydrogens is 499 g/mol. The Morgan fingerprint density at radius 3 is 2.33 bits per heavy atom. The molecule has 0 aromatic heterocycles. The molecule has 1 N–H and O–H groups in total. The molecule has 0 unspecified atom stereocenters. The second kappa shape index (κ2) is 10.0. The van der Waals surface area contributed by atoms with Crippen LogP contribution in [0.25, 0.3) is 0 Å². The first-order chi connectivity index (χ1) is 17.4. The predicted molar refractivity (Wildman–Crippen MR) is 137 cm³/mol. The lowest BCUT2D eigenvalue weighted by Gasteiger charge is -2.23. The highest BCUT2D eigenvalue weighted by Crippen LogP contribution is 2.36. The minimum atomic E-state index is -1.63. The lowest BCUT2D eigenvalue weighted by atomic mass is 10.1. The third-order valence-corrected chi connectivity index (χ3v) is 7.65. The number of nitrogens with one attached hydrogen (secondary N) is 1. The maximum Gasteiger partial charge on any atom is 0.259 e. The van der Waals surface area contributed by atoms with Crippen molar-refractivity contribution in [2.75, 3.05) is 4.90 Å². The van der Waals surface area contributed by atoms with Crippen molar-refractivity contribution in [2.24, 2.45) is 0 Å². The van der Waals surface area contributed by atoms with Gasteiger partial charge in [-0.1, -0.05) is 48.0 Å². The Bertz CT molecular complexity index is 1490. The van der Waals surface area contributed by atoms with Crippen molar-refractivity contribution in [3.05, 3.63) is 124 Å². The van der Waals surface area contributed by atoms with Crippen LogP contribution < -0.4 is 10.2 Å². The van der Waals surface area contributed by atoms with Crippen LogP contribution in [0.3, 0.4) is 0 Å². The first kappa shape index (κ1) is 23.9. The van der Waals surface area contributed by atoms with Gasteiger partial charge in [0.05, 0.1) is 38.4 Å². The molecular formula is C28H20ClFN2O3S. The Hall–Kier alpha value is -3.81. The maximum absolute atomic E-state index is 13.6. The van der Waals surface area contributed by atoms with E-state index in [2.05, 4.69) is 5.32 Å². The van der Waals surface area contributed by atoms with Gasteiger partial charge in [-0.25, -0.2) is 8.60 Å². The van der Waals surface area contributed by atoms with Crippen LogP contribution in [0.2, 0.25) is 5.02 Å². The highest BCUT2D eigenvalue weighted by molar-refractivity contribution is 7.85. The first-order valence-corrected chi connectivity index (χ1v) is 12.7. The third-order valence-electron chi connectivity index (χ3n) is 5.89. The van der Waals surface area contributed by atoms with E-state index in [4.69, 9.17) is 11.6 Å². The van der Waals surface area contributed by atoms with Gasteiger partial charge in [-0.2, -0.15) is 0 Å². The molecule has 0 spiro atoms. The number of fused-ring (bicyclic) bond motifs is 2. The highest BCUT2D eigenvalue weighted by atomic mass is 35.5. The fourth-order valence-electron chi connectivity index (χ4n) is 4.02. The molecule has 1 heterocycles. The third kappa shape index (κ3) is 4.80. The molecule has 5 rings (SSSR count). The second-order valence-corrected chi connectivity index (χ2v) is 10.1. The predicted octanol–water partition coefficient (Wildman–Crippen LogP) is 5.74. The van der Waals surface area contributed by atoms with Crippen LogP contribution in [-0.4, -0.2) is 16.0 Å². The van der Waals surface area contributed by atoms with E-state index in [0.717, 1.165) is 5.56 Å². The van der Waals surface area contributed by atoms with Gasteiger partial charge in [0.1, 0.15) is 5.82 Å². The molecule has 5 nitrogen and oxygen atoms in total. The topological polar surface area (TPSA) is 66.5 Å². The van der Waals surface area contributed by atoms with E-state index in [-0.39, 0.29) is 24.2 Å². The largest absolute Gasteiger partial charge is 0.348 e. The number of amides is 2. The molecule has 0 saturated carbocycles. The molecule has 180 valence electrons. The molecule has 0 saturated heterocycles. The fraction of sp³-hybridized carbons (Fsp3) is 0.0714. The van der Waals surface area contributed by atoms with Crippen LogP contribution in [-0.2, 0) is 23.9 Å². The molecule has 2 amide bonds. The molecule has 4 aromatic rings. The summed E-state index contributed by atoms with van der Waals surface area (Å²) in [5.74, 6) is -1.07. The maximum atomic E-state index is 13.6. The smallest absolute Gasteiger partial charge is 0.259 e. The van der Waals surface area contributed by atoms with Crippen LogP contribution in [0.4, 0.5) is 10.1 Å². The number of nitrogens with zero attached hydrogens (tertiary/aromatic N) is 1. The molecule has 0 aliphatic carbocycles. The molecule has 8 heteroatoms. The number of hydrogen-bond donors (Lipinski definition) is 1. The summed E-state index contributed by atoms with van der Waals surface area (Å²) in [6.45, 7) is 0.413. The highest BCUT2D eigenvalue weighted by Gasteiger charge is 2.31. The monoisotopic (exact) mass is 518 g/mol. The van der Waals surface area contributed by atoms with Crippen molar-refractivity contribution in [1.82, 2.24) is 5.32 Å². The van der Waals surface area contributed by atoms with E-state index in [1.165, 1.54) is 17.0 Å². The van der Waals surface area contributed by atoms with Crippen molar-refractivity contribution in [3.63, 3.8) is 0 Å². The van der Waals surface area contributed by atoms with Gasteiger partial charge in [-0.3, -0.25) is 9.59 Å². The number of anilines is 1. The molecule has 1 aliphatic heterocycles. The normalized spacial score (nSPS) is 14.6. The van der Waals surface area contributed by atoms with Gasteiger partial charge in [-0.05, 0) is 65.7 Å². The van der Waals surface area contributed by atoms with Crippen molar-refractivity contribution in [2.45, 2.75) is 22.9 Å². The van der Waals surface area contributed by atoms with Crippen molar-refractivity contribution in [1.29, 1.82) is 0 Å². The number of benzene rings is 4.